The van der Waals surface area contributed by atoms with Gasteiger partial charge in [0.1, 0.15) is 5.82 Å². The van der Waals surface area contributed by atoms with E-state index in [-0.39, 0.29) is 0 Å². The van der Waals surface area contributed by atoms with Crippen molar-refractivity contribution in [1.82, 2.24) is 14.9 Å². The molecule has 1 aromatic carbocycles. The monoisotopic (exact) mass is 258 g/mol. The van der Waals surface area contributed by atoms with Gasteiger partial charge in [-0.05, 0) is 12.1 Å². The number of nitrogens with zero attached hydrogens (tertiary/aromatic N) is 3. The highest BCUT2D eigenvalue weighted by Gasteiger charge is 2.09. The Balaban J connectivity index is 1.56. The summed E-state index contributed by atoms with van der Waals surface area (Å²) < 4.78 is 5.33. The van der Waals surface area contributed by atoms with Gasteiger partial charge in [-0.15, -0.1) is 0 Å². The third-order valence-corrected chi connectivity index (χ3v) is 3.29. The fourth-order valence-corrected chi connectivity index (χ4v) is 2.21. The minimum Gasteiger partial charge on any atom is -0.379 e. The first kappa shape index (κ1) is 12.3. The Kier molecular flexibility index (Phi) is 3.86. The van der Waals surface area contributed by atoms with E-state index >= 15 is 0 Å². The molecule has 100 valence electrons. The van der Waals surface area contributed by atoms with Crippen molar-refractivity contribution in [3.8, 4) is 0 Å². The molecule has 0 saturated carbocycles. The molecule has 1 saturated heterocycles. The minimum atomic E-state index is 0.840. The zero-order chi connectivity index (χ0) is 12.9. The summed E-state index contributed by atoms with van der Waals surface area (Å²) in [5, 5.41) is 3.33. The van der Waals surface area contributed by atoms with Gasteiger partial charge < -0.3 is 10.1 Å². The maximum absolute atomic E-state index is 5.33. The van der Waals surface area contributed by atoms with Gasteiger partial charge in [0, 0.05) is 26.2 Å². The Labute approximate surface area is 112 Å². The summed E-state index contributed by atoms with van der Waals surface area (Å²) in [5.41, 5.74) is 1.86. The Morgan fingerprint density at radius 3 is 2.79 bits per heavy atom. The van der Waals surface area contributed by atoms with Crippen molar-refractivity contribution in [2.45, 2.75) is 0 Å². The highest BCUT2D eigenvalue weighted by Crippen LogP contribution is 2.10. The summed E-state index contributed by atoms with van der Waals surface area (Å²) in [5.74, 6) is 0.840. The van der Waals surface area contributed by atoms with Gasteiger partial charge in [0.25, 0.3) is 0 Å². The van der Waals surface area contributed by atoms with Crippen molar-refractivity contribution >= 4 is 16.9 Å². The van der Waals surface area contributed by atoms with Crippen molar-refractivity contribution in [1.29, 1.82) is 0 Å². The Hall–Kier alpha value is -1.72. The summed E-state index contributed by atoms with van der Waals surface area (Å²) in [6, 6.07) is 7.91. The Morgan fingerprint density at radius 1 is 1.16 bits per heavy atom. The summed E-state index contributed by atoms with van der Waals surface area (Å²) in [6.45, 7) is 5.62. The summed E-state index contributed by atoms with van der Waals surface area (Å²) in [4.78, 5) is 11.3. The molecule has 0 atom stereocenters. The van der Waals surface area contributed by atoms with Gasteiger partial charge in [0.05, 0.1) is 30.4 Å². The zero-order valence-electron chi connectivity index (χ0n) is 10.9. The van der Waals surface area contributed by atoms with E-state index in [1.807, 2.05) is 24.3 Å². The molecule has 0 bridgehead atoms. The smallest absolute Gasteiger partial charge is 0.145 e. The van der Waals surface area contributed by atoms with Gasteiger partial charge in [0.15, 0.2) is 0 Å². The van der Waals surface area contributed by atoms with Crippen LogP contribution < -0.4 is 5.32 Å². The van der Waals surface area contributed by atoms with E-state index in [2.05, 4.69) is 20.2 Å². The van der Waals surface area contributed by atoms with Crippen LogP contribution in [0.5, 0.6) is 0 Å². The maximum Gasteiger partial charge on any atom is 0.145 e. The second kappa shape index (κ2) is 5.95. The topological polar surface area (TPSA) is 50.3 Å². The van der Waals surface area contributed by atoms with E-state index in [1.54, 1.807) is 6.20 Å². The SMILES string of the molecule is c1ccc2nc(NCCN3CCOCC3)cnc2c1. The van der Waals surface area contributed by atoms with Crippen LogP contribution in [0.15, 0.2) is 30.5 Å². The molecule has 0 unspecified atom stereocenters. The molecule has 0 spiro atoms. The highest BCUT2D eigenvalue weighted by atomic mass is 16.5. The van der Waals surface area contributed by atoms with Gasteiger partial charge in [-0.3, -0.25) is 9.88 Å². The first-order valence-corrected chi connectivity index (χ1v) is 6.67. The standard InChI is InChI=1S/C14H18N4O/c1-2-4-13-12(3-1)16-11-14(17-13)15-5-6-18-7-9-19-10-8-18/h1-4,11H,5-10H2,(H,15,17). The van der Waals surface area contributed by atoms with Gasteiger partial charge in [0.2, 0.25) is 0 Å². The molecule has 1 aromatic heterocycles. The predicted octanol–water partition coefficient (Wildman–Crippen LogP) is 1.37. The molecular formula is C14H18N4O. The number of morpholine rings is 1. The normalized spacial score (nSPS) is 16.6. The molecule has 5 heteroatoms. The van der Waals surface area contributed by atoms with Crippen LogP contribution >= 0.6 is 0 Å². The van der Waals surface area contributed by atoms with Crippen molar-refractivity contribution in [2.75, 3.05) is 44.7 Å². The second-order valence-corrected chi connectivity index (χ2v) is 4.62. The molecule has 0 aliphatic carbocycles. The molecule has 2 aromatic rings. The number of aromatic nitrogens is 2. The van der Waals surface area contributed by atoms with Crippen LogP contribution in [-0.2, 0) is 4.74 Å². The Morgan fingerprint density at radius 2 is 1.95 bits per heavy atom. The van der Waals surface area contributed by atoms with Crippen LogP contribution in [0.2, 0.25) is 0 Å². The van der Waals surface area contributed by atoms with E-state index < -0.39 is 0 Å². The fraction of sp³-hybridized carbons (Fsp3) is 0.429. The van der Waals surface area contributed by atoms with E-state index in [9.17, 15) is 0 Å². The number of hydrogen-bond donors (Lipinski definition) is 1. The lowest BCUT2D eigenvalue weighted by Crippen LogP contribution is -2.39. The third kappa shape index (κ3) is 3.19. The van der Waals surface area contributed by atoms with Crippen molar-refractivity contribution in [2.24, 2.45) is 0 Å². The number of hydrogen-bond acceptors (Lipinski definition) is 5. The molecule has 5 nitrogen and oxygen atoms in total. The fourth-order valence-electron chi connectivity index (χ4n) is 2.21. The van der Waals surface area contributed by atoms with E-state index in [4.69, 9.17) is 4.74 Å². The summed E-state index contributed by atoms with van der Waals surface area (Å²) >= 11 is 0. The van der Waals surface area contributed by atoms with Crippen molar-refractivity contribution < 1.29 is 4.74 Å². The van der Waals surface area contributed by atoms with Crippen LogP contribution in [0.1, 0.15) is 0 Å². The number of benzene rings is 1. The Bertz CT molecular complexity index is 540. The lowest BCUT2D eigenvalue weighted by Gasteiger charge is -2.26. The lowest BCUT2D eigenvalue weighted by atomic mass is 10.3. The first-order valence-electron chi connectivity index (χ1n) is 6.67. The van der Waals surface area contributed by atoms with Crippen LogP contribution in [0.4, 0.5) is 5.82 Å². The molecule has 19 heavy (non-hydrogen) atoms. The first-order chi connectivity index (χ1) is 9.42. The number of rotatable bonds is 4. The molecule has 3 rings (SSSR count). The quantitative estimate of drug-likeness (QED) is 0.897. The largest absolute Gasteiger partial charge is 0.379 e. The average Bonchev–Trinajstić information content (AvgIpc) is 2.48. The van der Waals surface area contributed by atoms with Crippen molar-refractivity contribution in [3.05, 3.63) is 30.5 Å². The molecule has 2 heterocycles. The number of anilines is 1. The van der Waals surface area contributed by atoms with Crippen LogP contribution in [0.3, 0.4) is 0 Å². The van der Waals surface area contributed by atoms with Gasteiger partial charge in [-0.1, -0.05) is 12.1 Å². The molecule has 1 N–H and O–H groups in total. The zero-order valence-corrected chi connectivity index (χ0v) is 10.9. The van der Waals surface area contributed by atoms with E-state index in [0.717, 1.165) is 56.2 Å². The van der Waals surface area contributed by atoms with Gasteiger partial charge in [-0.25, -0.2) is 4.98 Å². The van der Waals surface area contributed by atoms with Gasteiger partial charge in [-0.2, -0.15) is 0 Å². The van der Waals surface area contributed by atoms with E-state index in [1.165, 1.54) is 0 Å². The molecule has 1 aliphatic heterocycles. The molecule has 0 radical (unpaired) electrons. The summed E-state index contributed by atoms with van der Waals surface area (Å²) in [6.07, 6.45) is 1.79. The summed E-state index contributed by atoms with van der Waals surface area (Å²) in [7, 11) is 0. The minimum absolute atomic E-state index is 0.840. The van der Waals surface area contributed by atoms with E-state index in [0.29, 0.717) is 0 Å². The van der Waals surface area contributed by atoms with Crippen LogP contribution in [-0.4, -0.2) is 54.3 Å². The molecule has 1 aliphatic rings. The molecule has 0 amide bonds. The number of ether oxygens (including phenoxy) is 1. The van der Waals surface area contributed by atoms with Gasteiger partial charge >= 0.3 is 0 Å². The molecule has 1 fully saturated rings. The maximum atomic E-state index is 5.33. The number of para-hydroxylation sites is 2. The number of fused-ring (bicyclic) bond motifs is 1. The van der Waals surface area contributed by atoms with Crippen LogP contribution in [0.25, 0.3) is 11.0 Å². The highest BCUT2D eigenvalue weighted by molar-refractivity contribution is 5.75. The van der Waals surface area contributed by atoms with Crippen molar-refractivity contribution in [3.63, 3.8) is 0 Å². The number of nitrogens with one attached hydrogen (secondary N) is 1. The van der Waals surface area contributed by atoms with Crippen LogP contribution in [0, 0.1) is 0 Å². The average molecular weight is 258 g/mol. The lowest BCUT2D eigenvalue weighted by molar-refractivity contribution is 0.0398. The predicted molar refractivity (Wildman–Crippen MR) is 75.3 cm³/mol. The molecular weight excluding hydrogens is 240 g/mol. The second-order valence-electron chi connectivity index (χ2n) is 4.62. The third-order valence-electron chi connectivity index (χ3n) is 3.29.